The average Bonchev–Trinajstić information content (AvgIpc) is 2.72. The molecule has 3 amide bonds. The first kappa shape index (κ1) is 20.4. The number of urea groups is 1. The number of hydrogen-bond acceptors (Lipinski definition) is 4. The number of aromatic nitrogens is 1. The van der Waals surface area contributed by atoms with Crippen LogP contribution in [0.3, 0.4) is 0 Å². The lowest BCUT2D eigenvalue weighted by atomic mass is 10.2. The number of amides is 3. The number of ether oxygens (including phenoxy) is 1. The van der Waals surface area contributed by atoms with Crippen LogP contribution in [0.4, 0.5) is 15.3 Å². The van der Waals surface area contributed by atoms with E-state index in [1.165, 1.54) is 4.90 Å². The van der Waals surface area contributed by atoms with Crippen LogP contribution < -0.4 is 10.6 Å². The van der Waals surface area contributed by atoms with Crippen LogP contribution in [0.5, 0.6) is 0 Å². The summed E-state index contributed by atoms with van der Waals surface area (Å²) in [4.78, 5) is 29.8. The molecule has 2 N–H and O–H groups in total. The van der Waals surface area contributed by atoms with Gasteiger partial charge in [0.05, 0.1) is 12.1 Å². The summed E-state index contributed by atoms with van der Waals surface area (Å²) in [6.07, 6.45) is 1.13. The van der Waals surface area contributed by atoms with Crippen molar-refractivity contribution in [3.05, 3.63) is 71.4 Å². The molecule has 0 saturated heterocycles. The van der Waals surface area contributed by atoms with Gasteiger partial charge in [-0.3, -0.25) is 10.3 Å². The predicted molar refractivity (Wildman–Crippen MR) is 113 cm³/mol. The molecule has 0 bridgehead atoms. The fraction of sp³-hybridized carbons (Fsp3) is 0.190. The molecule has 150 valence electrons. The SMILES string of the molecule is CN(CCOC(=O)Nc1ccc2ncccc2c1)C(=O)NCc1ccccc1Cl. The zero-order valence-corrected chi connectivity index (χ0v) is 16.6. The van der Waals surface area contributed by atoms with Crippen molar-refractivity contribution < 1.29 is 14.3 Å². The Morgan fingerprint density at radius 2 is 1.97 bits per heavy atom. The molecular weight excluding hydrogens is 392 g/mol. The number of benzene rings is 2. The largest absolute Gasteiger partial charge is 0.447 e. The summed E-state index contributed by atoms with van der Waals surface area (Å²) in [6.45, 7) is 0.640. The van der Waals surface area contributed by atoms with E-state index in [-0.39, 0.29) is 19.2 Å². The van der Waals surface area contributed by atoms with Crippen LogP contribution in [0.15, 0.2) is 60.8 Å². The maximum Gasteiger partial charge on any atom is 0.411 e. The van der Waals surface area contributed by atoms with Gasteiger partial charge in [0.1, 0.15) is 6.61 Å². The monoisotopic (exact) mass is 412 g/mol. The lowest BCUT2D eigenvalue weighted by Crippen LogP contribution is -2.39. The van der Waals surface area contributed by atoms with Crippen molar-refractivity contribution in [2.75, 3.05) is 25.5 Å². The number of carbonyl (C=O) groups is 2. The molecule has 8 heteroatoms. The first-order valence-electron chi connectivity index (χ1n) is 9.04. The molecular formula is C21H21ClN4O3. The normalized spacial score (nSPS) is 10.4. The smallest absolute Gasteiger partial charge is 0.411 e. The molecule has 0 aliphatic rings. The maximum absolute atomic E-state index is 12.1. The summed E-state index contributed by atoms with van der Waals surface area (Å²) in [6, 6.07) is 16.2. The molecule has 1 aromatic heterocycles. The second-order valence-corrected chi connectivity index (χ2v) is 6.75. The van der Waals surface area contributed by atoms with E-state index in [0.29, 0.717) is 17.3 Å². The number of hydrogen-bond donors (Lipinski definition) is 2. The summed E-state index contributed by atoms with van der Waals surface area (Å²) < 4.78 is 5.15. The molecule has 0 atom stereocenters. The second kappa shape index (κ2) is 9.75. The van der Waals surface area contributed by atoms with Gasteiger partial charge >= 0.3 is 12.1 Å². The first-order chi connectivity index (χ1) is 14.0. The number of pyridine rings is 1. The van der Waals surface area contributed by atoms with Crippen molar-refractivity contribution in [1.82, 2.24) is 15.2 Å². The Balaban J connectivity index is 1.40. The second-order valence-electron chi connectivity index (χ2n) is 6.34. The molecule has 29 heavy (non-hydrogen) atoms. The van der Waals surface area contributed by atoms with Crippen molar-refractivity contribution in [3.8, 4) is 0 Å². The van der Waals surface area contributed by atoms with E-state index in [1.54, 1.807) is 25.4 Å². The van der Waals surface area contributed by atoms with Gasteiger partial charge in [-0.05, 0) is 35.9 Å². The Morgan fingerprint density at radius 1 is 1.14 bits per heavy atom. The third-order valence-electron chi connectivity index (χ3n) is 4.24. The van der Waals surface area contributed by atoms with Crippen molar-refractivity contribution in [2.45, 2.75) is 6.54 Å². The van der Waals surface area contributed by atoms with Crippen molar-refractivity contribution in [3.63, 3.8) is 0 Å². The summed E-state index contributed by atoms with van der Waals surface area (Å²) in [5, 5.41) is 6.96. The Morgan fingerprint density at radius 3 is 2.79 bits per heavy atom. The number of nitrogens with one attached hydrogen (secondary N) is 2. The summed E-state index contributed by atoms with van der Waals surface area (Å²) >= 11 is 6.07. The molecule has 2 aromatic carbocycles. The van der Waals surface area contributed by atoms with E-state index in [0.717, 1.165) is 16.5 Å². The van der Waals surface area contributed by atoms with Gasteiger partial charge in [0.15, 0.2) is 0 Å². The Kier molecular flexibility index (Phi) is 6.86. The standard InChI is InChI=1S/C21H21ClN4O3/c1-26(20(27)24-14-16-5-2-3-7-18(16)22)11-12-29-21(28)25-17-8-9-19-15(13-17)6-4-10-23-19/h2-10,13H,11-12,14H2,1H3,(H,24,27)(H,25,28). The molecule has 0 saturated carbocycles. The summed E-state index contributed by atoms with van der Waals surface area (Å²) in [5.41, 5.74) is 2.29. The highest BCUT2D eigenvalue weighted by molar-refractivity contribution is 6.31. The highest BCUT2D eigenvalue weighted by Gasteiger charge is 2.10. The van der Waals surface area contributed by atoms with E-state index in [4.69, 9.17) is 16.3 Å². The number of anilines is 1. The highest BCUT2D eigenvalue weighted by atomic mass is 35.5. The quantitative estimate of drug-likeness (QED) is 0.633. The van der Waals surface area contributed by atoms with Crippen molar-refractivity contribution >= 4 is 40.3 Å². The summed E-state index contributed by atoms with van der Waals surface area (Å²) in [5.74, 6) is 0. The number of nitrogens with zero attached hydrogens (tertiary/aromatic N) is 2. The Labute approximate surface area is 173 Å². The van der Waals surface area contributed by atoms with Crippen LogP contribution in [0.2, 0.25) is 5.02 Å². The van der Waals surface area contributed by atoms with Gasteiger partial charge in [-0.2, -0.15) is 0 Å². The van der Waals surface area contributed by atoms with E-state index in [2.05, 4.69) is 15.6 Å². The van der Waals surface area contributed by atoms with Gasteiger partial charge in [0.2, 0.25) is 0 Å². The van der Waals surface area contributed by atoms with E-state index in [9.17, 15) is 9.59 Å². The van der Waals surface area contributed by atoms with Gasteiger partial charge in [-0.1, -0.05) is 35.9 Å². The van der Waals surface area contributed by atoms with Crippen LogP contribution >= 0.6 is 11.6 Å². The average molecular weight is 413 g/mol. The molecule has 3 aromatic rings. The number of likely N-dealkylation sites (N-methyl/N-ethyl adjacent to an activating group) is 1. The van der Waals surface area contributed by atoms with Crippen molar-refractivity contribution in [2.24, 2.45) is 0 Å². The first-order valence-corrected chi connectivity index (χ1v) is 9.41. The zero-order chi connectivity index (χ0) is 20.6. The number of carbonyl (C=O) groups excluding carboxylic acids is 2. The molecule has 3 rings (SSSR count). The minimum atomic E-state index is -0.585. The van der Waals surface area contributed by atoms with Crippen LogP contribution in [-0.4, -0.2) is 42.2 Å². The highest BCUT2D eigenvalue weighted by Crippen LogP contribution is 2.17. The van der Waals surface area contributed by atoms with Gasteiger partial charge in [0, 0.05) is 35.9 Å². The fourth-order valence-corrected chi connectivity index (χ4v) is 2.83. The number of fused-ring (bicyclic) bond motifs is 1. The summed E-state index contributed by atoms with van der Waals surface area (Å²) in [7, 11) is 1.62. The van der Waals surface area contributed by atoms with Crippen molar-refractivity contribution in [1.29, 1.82) is 0 Å². The van der Waals surface area contributed by atoms with Gasteiger partial charge in [-0.15, -0.1) is 0 Å². The lowest BCUT2D eigenvalue weighted by Gasteiger charge is -2.18. The van der Waals surface area contributed by atoms with E-state index < -0.39 is 6.09 Å². The molecule has 0 aliphatic heterocycles. The van der Waals surface area contributed by atoms with Crippen LogP contribution in [0.1, 0.15) is 5.56 Å². The predicted octanol–water partition coefficient (Wildman–Crippen LogP) is 4.28. The molecule has 0 spiro atoms. The molecule has 0 unspecified atom stereocenters. The zero-order valence-electron chi connectivity index (χ0n) is 15.9. The fourth-order valence-electron chi connectivity index (χ4n) is 2.63. The topological polar surface area (TPSA) is 83.6 Å². The molecule has 7 nitrogen and oxygen atoms in total. The molecule has 0 radical (unpaired) electrons. The van der Waals surface area contributed by atoms with Crippen LogP contribution in [-0.2, 0) is 11.3 Å². The van der Waals surface area contributed by atoms with Gasteiger partial charge in [0.25, 0.3) is 0 Å². The third-order valence-corrected chi connectivity index (χ3v) is 4.61. The molecule has 0 aliphatic carbocycles. The molecule has 1 heterocycles. The minimum Gasteiger partial charge on any atom is -0.447 e. The number of rotatable bonds is 6. The van der Waals surface area contributed by atoms with E-state index in [1.807, 2.05) is 42.5 Å². The Bertz CT molecular complexity index is 1010. The van der Waals surface area contributed by atoms with E-state index >= 15 is 0 Å². The van der Waals surface area contributed by atoms with Gasteiger partial charge < -0.3 is 15.0 Å². The van der Waals surface area contributed by atoms with Crippen LogP contribution in [0, 0.1) is 0 Å². The lowest BCUT2D eigenvalue weighted by molar-refractivity contribution is 0.146. The minimum absolute atomic E-state index is 0.0665. The Hall–Kier alpha value is -3.32. The molecule has 0 fully saturated rings. The van der Waals surface area contributed by atoms with Crippen LogP contribution in [0.25, 0.3) is 10.9 Å². The van der Waals surface area contributed by atoms with Gasteiger partial charge in [-0.25, -0.2) is 9.59 Å². The maximum atomic E-state index is 12.1. The number of halogens is 1. The third kappa shape index (κ3) is 5.83.